The molecule has 2 heteroatoms. The number of aryl methyl sites for hydroxylation is 1. The first-order chi connectivity index (χ1) is 6.50. The van der Waals surface area contributed by atoms with E-state index in [1.54, 1.807) is 0 Å². The fourth-order valence-electron chi connectivity index (χ4n) is 1.73. The van der Waals surface area contributed by atoms with E-state index in [1.807, 2.05) is 0 Å². The second-order valence-electron chi connectivity index (χ2n) is 4.56. The van der Waals surface area contributed by atoms with Gasteiger partial charge in [0.15, 0.2) is 0 Å². The molecule has 0 bridgehead atoms. The Bertz CT molecular complexity index is 344. The van der Waals surface area contributed by atoms with Crippen molar-refractivity contribution in [2.75, 3.05) is 0 Å². The molecule has 0 radical (unpaired) electrons. The van der Waals surface area contributed by atoms with Gasteiger partial charge in [0.05, 0.1) is 0 Å². The monoisotopic (exact) mass is 253 g/mol. The molecule has 0 spiro atoms. The van der Waals surface area contributed by atoms with Gasteiger partial charge in [-0.05, 0) is 55.9 Å². The van der Waals surface area contributed by atoms with Crippen LogP contribution in [0.4, 0.5) is 0 Å². The molecule has 1 aliphatic rings. The molecule has 1 fully saturated rings. The summed E-state index contributed by atoms with van der Waals surface area (Å²) in [4.78, 5) is 0. The largest absolute Gasteiger partial charge is 0.325 e. The number of hydrogen-bond donors (Lipinski definition) is 1. The molecule has 0 heterocycles. The van der Waals surface area contributed by atoms with Crippen molar-refractivity contribution >= 4 is 15.9 Å². The third-order valence-electron chi connectivity index (χ3n) is 3.11. The Morgan fingerprint density at radius 1 is 1.36 bits per heavy atom. The van der Waals surface area contributed by atoms with Crippen LogP contribution in [0.5, 0.6) is 0 Å². The zero-order valence-corrected chi connectivity index (χ0v) is 10.3. The van der Waals surface area contributed by atoms with Crippen LogP contribution in [0.15, 0.2) is 16.6 Å². The van der Waals surface area contributed by atoms with Gasteiger partial charge in [-0.15, -0.1) is 0 Å². The Hall–Kier alpha value is -0.340. The highest BCUT2D eigenvalue weighted by Crippen LogP contribution is 2.36. The third-order valence-corrected chi connectivity index (χ3v) is 3.94. The molecule has 1 nitrogen and oxygen atoms in total. The maximum Gasteiger partial charge on any atom is 0.0209 e. The predicted octanol–water partition coefficient (Wildman–Crippen LogP) is 3.10. The zero-order chi connectivity index (χ0) is 10.3. The molecule has 0 aliphatic heterocycles. The molecule has 0 amide bonds. The topological polar surface area (TPSA) is 26.0 Å². The predicted molar refractivity (Wildman–Crippen MR) is 63.5 cm³/mol. The summed E-state index contributed by atoms with van der Waals surface area (Å²) in [5, 5.41) is 0. The summed E-state index contributed by atoms with van der Waals surface area (Å²) < 4.78 is 1.21. The van der Waals surface area contributed by atoms with Gasteiger partial charge in [-0.2, -0.15) is 0 Å². The first-order valence-corrected chi connectivity index (χ1v) is 5.84. The molecule has 1 aromatic carbocycles. The minimum Gasteiger partial charge on any atom is -0.325 e. The van der Waals surface area contributed by atoms with Crippen LogP contribution in [-0.2, 0) is 6.42 Å². The molecule has 1 aromatic rings. The number of rotatable bonds is 2. The van der Waals surface area contributed by atoms with Crippen molar-refractivity contribution in [3.8, 4) is 0 Å². The van der Waals surface area contributed by atoms with Gasteiger partial charge < -0.3 is 5.73 Å². The maximum absolute atomic E-state index is 6.10. The number of nitrogens with two attached hydrogens (primary N) is 1. The molecule has 76 valence electrons. The van der Waals surface area contributed by atoms with Crippen molar-refractivity contribution in [3.63, 3.8) is 0 Å². The fraction of sp³-hybridized carbons (Fsp3) is 0.500. The van der Waals surface area contributed by atoms with Gasteiger partial charge in [-0.1, -0.05) is 22.0 Å². The lowest BCUT2D eigenvalue weighted by Crippen LogP contribution is -2.24. The smallest absolute Gasteiger partial charge is 0.0209 e. The first-order valence-electron chi connectivity index (χ1n) is 5.05. The van der Waals surface area contributed by atoms with Crippen molar-refractivity contribution in [2.24, 2.45) is 5.73 Å². The van der Waals surface area contributed by atoms with E-state index in [0.717, 1.165) is 6.42 Å². The van der Waals surface area contributed by atoms with Crippen LogP contribution in [0.25, 0.3) is 0 Å². The Kier molecular flexibility index (Phi) is 2.44. The van der Waals surface area contributed by atoms with Crippen LogP contribution in [0, 0.1) is 13.8 Å². The van der Waals surface area contributed by atoms with Crippen LogP contribution in [0.3, 0.4) is 0 Å². The number of hydrogen-bond acceptors (Lipinski definition) is 1. The summed E-state index contributed by atoms with van der Waals surface area (Å²) in [7, 11) is 0. The standard InChI is InChI=1S/C12H16BrN/c1-8-5-10(6-11(13)9(8)2)7-12(14)3-4-12/h5-6H,3-4,7,14H2,1-2H3. The van der Waals surface area contributed by atoms with E-state index in [1.165, 1.54) is 34.0 Å². The Morgan fingerprint density at radius 3 is 2.50 bits per heavy atom. The van der Waals surface area contributed by atoms with Gasteiger partial charge in [-0.25, -0.2) is 0 Å². The lowest BCUT2D eigenvalue weighted by molar-refractivity contribution is 0.671. The van der Waals surface area contributed by atoms with Crippen molar-refractivity contribution < 1.29 is 0 Å². The van der Waals surface area contributed by atoms with Crippen molar-refractivity contribution in [1.29, 1.82) is 0 Å². The molecule has 2 N–H and O–H groups in total. The second kappa shape index (κ2) is 3.35. The molecule has 0 aromatic heterocycles. The SMILES string of the molecule is Cc1cc(CC2(N)CC2)cc(Br)c1C. The van der Waals surface area contributed by atoms with Crippen molar-refractivity contribution in [1.82, 2.24) is 0 Å². The van der Waals surface area contributed by atoms with E-state index < -0.39 is 0 Å². The third kappa shape index (κ3) is 2.01. The van der Waals surface area contributed by atoms with Crippen LogP contribution in [0.1, 0.15) is 29.5 Å². The highest BCUT2D eigenvalue weighted by atomic mass is 79.9. The minimum atomic E-state index is 0.112. The molecule has 1 saturated carbocycles. The molecule has 14 heavy (non-hydrogen) atoms. The summed E-state index contributed by atoms with van der Waals surface area (Å²) in [5.41, 5.74) is 10.3. The normalized spacial score (nSPS) is 18.3. The average Bonchev–Trinajstić information content (AvgIpc) is 2.79. The lowest BCUT2D eigenvalue weighted by Gasteiger charge is -2.11. The average molecular weight is 254 g/mol. The van der Waals surface area contributed by atoms with Crippen LogP contribution in [-0.4, -0.2) is 5.54 Å². The molecular formula is C12H16BrN. The fourth-order valence-corrected chi connectivity index (χ4v) is 2.34. The van der Waals surface area contributed by atoms with Crippen LogP contribution in [0.2, 0.25) is 0 Å². The van der Waals surface area contributed by atoms with E-state index >= 15 is 0 Å². The number of halogens is 1. The zero-order valence-electron chi connectivity index (χ0n) is 8.73. The summed E-state index contributed by atoms with van der Waals surface area (Å²) in [6.07, 6.45) is 3.38. The van der Waals surface area contributed by atoms with Crippen LogP contribution >= 0.6 is 15.9 Å². The van der Waals surface area contributed by atoms with Crippen molar-refractivity contribution in [2.45, 2.75) is 38.6 Å². The van der Waals surface area contributed by atoms with Crippen molar-refractivity contribution in [3.05, 3.63) is 33.3 Å². The Balaban J connectivity index is 2.26. The minimum absolute atomic E-state index is 0.112. The van der Waals surface area contributed by atoms with E-state index in [9.17, 15) is 0 Å². The summed E-state index contributed by atoms with van der Waals surface area (Å²) in [6.45, 7) is 4.29. The summed E-state index contributed by atoms with van der Waals surface area (Å²) in [5.74, 6) is 0. The first kappa shape index (κ1) is 10.2. The van der Waals surface area contributed by atoms with Gasteiger partial charge in [0, 0.05) is 10.0 Å². The Morgan fingerprint density at radius 2 is 2.00 bits per heavy atom. The lowest BCUT2D eigenvalue weighted by atomic mass is 10.0. The molecule has 0 unspecified atom stereocenters. The van der Waals surface area contributed by atoms with E-state index in [0.29, 0.717) is 0 Å². The van der Waals surface area contributed by atoms with E-state index in [-0.39, 0.29) is 5.54 Å². The summed E-state index contributed by atoms with van der Waals surface area (Å²) >= 11 is 3.58. The highest BCUT2D eigenvalue weighted by molar-refractivity contribution is 9.10. The molecular weight excluding hydrogens is 238 g/mol. The van der Waals surface area contributed by atoms with E-state index in [2.05, 4.69) is 41.9 Å². The van der Waals surface area contributed by atoms with Gasteiger partial charge in [-0.3, -0.25) is 0 Å². The Labute approximate surface area is 93.8 Å². The number of benzene rings is 1. The quantitative estimate of drug-likeness (QED) is 0.862. The molecule has 0 saturated heterocycles. The molecule has 1 aliphatic carbocycles. The maximum atomic E-state index is 6.10. The van der Waals surface area contributed by atoms with E-state index in [4.69, 9.17) is 5.73 Å². The molecule has 2 rings (SSSR count). The highest BCUT2D eigenvalue weighted by Gasteiger charge is 2.37. The van der Waals surface area contributed by atoms with Gasteiger partial charge in [0.25, 0.3) is 0 Å². The van der Waals surface area contributed by atoms with Gasteiger partial charge in [0.1, 0.15) is 0 Å². The van der Waals surface area contributed by atoms with Gasteiger partial charge in [0.2, 0.25) is 0 Å². The second-order valence-corrected chi connectivity index (χ2v) is 5.41. The summed E-state index contributed by atoms with van der Waals surface area (Å²) in [6, 6.07) is 4.46. The molecule has 0 atom stereocenters. The van der Waals surface area contributed by atoms with Gasteiger partial charge >= 0.3 is 0 Å². The van der Waals surface area contributed by atoms with Crippen LogP contribution < -0.4 is 5.73 Å².